The van der Waals surface area contributed by atoms with E-state index in [9.17, 15) is 14.4 Å². The van der Waals surface area contributed by atoms with Crippen molar-refractivity contribution in [2.45, 2.75) is 226 Å². The first-order valence-corrected chi connectivity index (χ1v) is 23.3. The van der Waals surface area contributed by atoms with Gasteiger partial charge in [0.05, 0.1) is 0 Å². The van der Waals surface area contributed by atoms with E-state index in [-0.39, 0.29) is 37.5 Å². The Morgan fingerprint density at radius 2 is 0.714 bits per heavy atom. The minimum absolute atomic E-state index is 0.0938. The van der Waals surface area contributed by atoms with Crippen molar-refractivity contribution in [3.63, 3.8) is 0 Å². The summed E-state index contributed by atoms with van der Waals surface area (Å²) in [6.45, 7) is 6.43. The molecule has 0 amide bonds. The van der Waals surface area contributed by atoms with Crippen LogP contribution >= 0.6 is 0 Å². The predicted octanol–water partition coefficient (Wildman–Crippen LogP) is 14.9. The summed E-state index contributed by atoms with van der Waals surface area (Å²) < 4.78 is 16.7. The molecule has 0 rings (SSSR count). The second kappa shape index (κ2) is 44.8. The first-order valence-electron chi connectivity index (χ1n) is 23.3. The average Bonchev–Trinajstić information content (AvgIpc) is 3.19. The summed E-state index contributed by atoms with van der Waals surface area (Å²) in [7, 11) is 0. The number of rotatable bonds is 41. The maximum atomic E-state index is 12.7. The van der Waals surface area contributed by atoms with Gasteiger partial charge in [0.1, 0.15) is 13.2 Å². The van der Waals surface area contributed by atoms with Crippen molar-refractivity contribution in [1.82, 2.24) is 0 Å². The molecule has 0 aliphatic carbocycles. The number of hydrogen-bond acceptors (Lipinski definition) is 6. The van der Waals surface area contributed by atoms with Gasteiger partial charge in [0.15, 0.2) is 6.10 Å². The molecule has 56 heavy (non-hydrogen) atoms. The normalized spacial score (nSPS) is 12.6. The second-order valence-electron chi connectivity index (χ2n) is 15.4. The molecule has 322 valence electrons. The van der Waals surface area contributed by atoms with Crippen LogP contribution in [0.15, 0.2) is 60.8 Å². The summed E-state index contributed by atoms with van der Waals surface area (Å²) in [6, 6.07) is 0. The summed E-state index contributed by atoms with van der Waals surface area (Å²) >= 11 is 0. The fraction of sp³-hybridized carbons (Fsp3) is 0.740. The lowest BCUT2D eigenvalue weighted by atomic mass is 10.1. The van der Waals surface area contributed by atoms with E-state index in [1.807, 2.05) is 36.5 Å². The summed E-state index contributed by atoms with van der Waals surface area (Å²) in [5, 5.41) is 0. The Morgan fingerprint density at radius 1 is 0.375 bits per heavy atom. The van der Waals surface area contributed by atoms with Gasteiger partial charge in [-0.05, 0) is 64.2 Å². The highest BCUT2D eigenvalue weighted by Gasteiger charge is 2.19. The topological polar surface area (TPSA) is 78.9 Å². The molecule has 1 unspecified atom stereocenters. The van der Waals surface area contributed by atoms with Crippen LogP contribution in [0.5, 0.6) is 0 Å². The van der Waals surface area contributed by atoms with Gasteiger partial charge in [0.25, 0.3) is 0 Å². The third kappa shape index (κ3) is 42.3. The third-order valence-corrected chi connectivity index (χ3v) is 9.85. The van der Waals surface area contributed by atoms with Gasteiger partial charge in [-0.3, -0.25) is 14.4 Å². The minimum atomic E-state index is -0.796. The van der Waals surface area contributed by atoms with E-state index in [1.165, 1.54) is 96.3 Å². The van der Waals surface area contributed by atoms with Crippen LogP contribution in [0.4, 0.5) is 0 Å². The molecule has 6 nitrogen and oxygen atoms in total. The Bertz CT molecular complexity index is 1040. The summed E-state index contributed by atoms with van der Waals surface area (Å²) in [4.78, 5) is 37.7. The molecule has 0 radical (unpaired) electrons. The number of unbranched alkanes of at least 4 members (excludes halogenated alkanes) is 23. The molecule has 0 heterocycles. The Hall–Kier alpha value is -2.89. The number of esters is 3. The van der Waals surface area contributed by atoms with Gasteiger partial charge in [0.2, 0.25) is 0 Å². The zero-order valence-corrected chi connectivity index (χ0v) is 36.6. The maximum Gasteiger partial charge on any atom is 0.306 e. The molecule has 6 heteroatoms. The molecule has 0 aromatic heterocycles. The van der Waals surface area contributed by atoms with E-state index in [0.29, 0.717) is 19.3 Å². The van der Waals surface area contributed by atoms with Gasteiger partial charge in [-0.2, -0.15) is 0 Å². The zero-order chi connectivity index (χ0) is 40.8. The first-order chi connectivity index (χ1) is 27.5. The molecular formula is C50H86O6. The van der Waals surface area contributed by atoms with Crippen molar-refractivity contribution in [3.05, 3.63) is 60.8 Å². The minimum Gasteiger partial charge on any atom is -0.462 e. The maximum absolute atomic E-state index is 12.7. The monoisotopic (exact) mass is 783 g/mol. The number of allylic oxidation sites excluding steroid dienone is 10. The van der Waals surface area contributed by atoms with Crippen molar-refractivity contribution in [2.75, 3.05) is 13.2 Å². The zero-order valence-electron chi connectivity index (χ0n) is 36.6. The van der Waals surface area contributed by atoms with Crippen LogP contribution in [0.1, 0.15) is 220 Å². The fourth-order valence-corrected chi connectivity index (χ4v) is 6.33. The van der Waals surface area contributed by atoms with Crippen molar-refractivity contribution in [3.8, 4) is 0 Å². The highest BCUT2D eigenvalue weighted by atomic mass is 16.6. The van der Waals surface area contributed by atoms with Gasteiger partial charge < -0.3 is 14.2 Å². The predicted molar refractivity (Wildman–Crippen MR) is 238 cm³/mol. The molecule has 0 saturated heterocycles. The van der Waals surface area contributed by atoms with Crippen LogP contribution in [-0.4, -0.2) is 37.2 Å². The Balaban J connectivity index is 4.46. The van der Waals surface area contributed by atoms with Gasteiger partial charge in [-0.15, -0.1) is 0 Å². The molecule has 0 saturated carbocycles. The smallest absolute Gasteiger partial charge is 0.306 e. The van der Waals surface area contributed by atoms with E-state index >= 15 is 0 Å². The van der Waals surface area contributed by atoms with E-state index in [1.54, 1.807) is 0 Å². The standard InChI is InChI=1S/C50H86O6/c1-4-7-10-13-16-19-22-24-26-28-31-34-37-40-43-49(52)55-46-47(45-54-48(51)42-39-36-33-30-27-21-18-15-12-9-6-3)56-50(53)44-41-38-35-32-29-25-23-20-17-14-11-8-5-2/h8,11,14,17,20,23,25-26,28-29,47H,4-7,9-10,12-13,15-16,18-19,21-22,24,27,30-46H2,1-3H3/b11-8-,17-14-,23-20-,28-26-,29-25-. The van der Waals surface area contributed by atoms with Crippen LogP contribution in [0.2, 0.25) is 0 Å². The molecule has 0 fully saturated rings. The number of ether oxygens (including phenoxy) is 3. The van der Waals surface area contributed by atoms with Crippen molar-refractivity contribution < 1.29 is 28.6 Å². The average molecular weight is 783 g/mol. The SMILES string of the molecule is CC\C=C/C=C\C=C/C=C\CCCCCC(=O)OC(COC(=O)CCCCC/C=C\CCCCCCCCC)COC(=O)CCCCCCCCCCCCC. The lowest BCUT2D eigenvalue weighted by Crippen LogP contribution is -2.30. The van der Waals surface area contributed by atoms with Crippen LogP contribution in [0, 0.1) is 0 Å². The quantitative estimate of drug-likeness (QED) is 0.0202. The Morgan fingerprint density at radius 3 is 1.16 bits per heavy atom. The molecule has 0 aromatic carbocycles. The van der Waals surface area contributed by atoms with Crippen molar-refractivity contribution in [2.24, 2.45) is 0 Å². The van der Waals surface area contributed by atoms with Gasteiger partial charge in [-0.1, -0.05) is 197 Å². The Labute approximate surface area is 345 Å². The number of carbonyl (C=O) groups excluding carboxylic acids is 3. The van der Waals surface area contributed by atoms with Gasteiger partial charge >= 0.3 is 17.9 Å². The molecule has 0 bridgehead atoms. The van der Waals surface area contributed by atoms with Crippen LogP contribution in [0.3, 0.4) is 0 Å². The Kier molecular flexibility index (Phi) is 42.5. The highest BCUT2D eigenvalue weighted by Crippen LogP contribution is 2.14. The number of carbonyl (C=O) groups is 3. The summed E-state index contributed by atoms with van der Waals surface area (Å²) in [5.41, 5.74) is 0. The highest BCUT2D eigenvalue weighted by molar-refractivity contribution is 5.71. The van der Waals surface area contributed by atoms with Crippen LogP contribution < -0.4 is 0 Å². The first kappa shape index (κ1) is 53.1. The van der Waals surface area contributed by atoms with E-state index < -0.39 is 6.10 Å². The van der Waals surface area contributed by atoms with Crippen LogP contribution in [0.25, 0.3) is 0 Å². The van der Waals surface area contributed by atoms with E-state index in [0.717, 1.165) is 77.0 Å². The number of hydrogen-bond donors (Lipinski definition) is 0. The molecular weight excluding hydrogens is 697 g/mol. The second-order valence-corrected chi connectivity index (χ2v) is 15.4. The molecule has 1 atom stereocenters. The van der Waals surface area contributed by atoms with Crippen molar-refractivity contribution in [1.29, 1.82) is 0 Å². The largest absolute Gasteiger partial charge is 0.462 e. The molecule has 0 aliphatic rings. The summed E-state index contributed by atoms with van der Waals surface area (Å²) in [6.07, 6.45) is 53.4. The lowest BCUT2D eigenvalue weighted by molar-refractivity contribution is -0.167. The molecule has 0 aromatic rings. The molecule has 0 N–H and O–H groups in total. The summed E-state index contributed by atoms with van der Waals surface area (Å²) in [5.74, 6) is -0.952. The third-order valence-electron chi connectivity index (χ3n) is 9.85. The van der Waals surface area contributed by atoms with Crippen LogP contribution in [-0.2, 0) is 28.6 Å². The van der Waals surface area contributed by atoms with E-state index in [4.69, 9.17) is 14.2 Å². The van der Waals surface area contributed by atoms with Gasteiger partial charge in [-0.25, -0.2) is 0 Å². The molecule has 0 aliphatic heterocycles. The molecule has 0 spiro atoms. The lowest BCUT2D eigenvalue weighted by Gasteiger charge is -2.18. The van der Waals surface area contributed by atoms with E-state index in [2.05, 4.69) is 45.1 Å². The van der Waals surface area contributed by atoms with Crippen molar-refractivity contribution >= 4 is 17.9 Å². The fourth-order valence-electron chi connectivity index (χ4n) is 6.33. The van der Waals surface area contributed by atoms with Gasteiger partial charge in [0, 0.05) is 19.3 Å².